The van der Waals surface area contributed by atoms with E-state index in [4.69, 9.17) is 4.74 Å². The summed E-state index contributed by atoms with van der Waals surface area (Å²) in [4.78, 5) is 31.5. The Labute approximate surface area is 303 Å². The quantitative estimate of drug-likeness (QED) is 0.0922. The van der Waals surface area contributed by atoms with Crippen molar-refractivity contribution in [2.24, 2.45) is 5.92 Å². The molecule has 1 aromatic heterocycles. The molecule has 8 rings (SSSR count). The number of ether oxygens (including phenoxy) is 1. The molecule has 270 valence electrons. The number of carbonyl (C=O) groups is 1. The van der Waals surface area contributed by atoms with E-state index in [-0.39, 0.29) is 17.4 Å². The van der Waals surface area contributed by atoms with Crippen molar-refractivity contribution in [2.45, 2.75) is 51.0 Å². The van der Waals surface area contributed by atoms with Crippen LogP contribution in [0, 0.1) is 12.8 Å². The zero-order valence-corrected chi connectivity index (χ0v) is 29.4. The molecule has 0 saturated carbocycles. The maximum absolute atomic E-state index is 13.0. The fourth-order valence-electron chi connectivity index (χ4n) is 7.98. The van der Waals surface area contributed by atoms with Gasteiger partial charge < -0.3 is 35.3 Å². The highest BCUT2D eigenvalue weighted by Crippen LogP contribution is 2.39. The molecule has 0 spiro atoms. The number of nitrogens with one attached hydrogen (secondary N) is 2. The molecule has 10 nitrogen and oxygen atoms in total. The minimum Gasteiger partial charge on any atom is -0.506 e. The number of hydrogen-bond donors (Lipinski definition) is 5. The number of benzene rings is 4. The maximum atomic E-state index is 13.0. The number of aromatic amines is 1. The average Bonchev–Trinajstić information content (AvgIpc) is 3.16. The van der Waals surface area contributed by atoms with E-state index < -0.39 is 18.2 Å². The van der Waals surface area contributed by atoms with Crippen molar-refractivity contribution >= 4 is 17.0 Å². The fraction of sp³-hybridized carbons (Fsp3) is 0.333. The molecule has 1 unspecified atom stereocenters. The van der Waals surface area contributed by atoms with Crippen LogP contribution in [0.15, 0.2) is 102 Å². The number of aliphatic hydroxyl groups is 1. The number of aromatic nitrogens is 1. The van der Waals surface area contributed by atoms with Crippen LogP contribution < -0.4 is 15.6 Å². The van der Waals surface area contributed by atoms with E-state index in [0.29, 0.717) is 47.8 Å². The van der Waals surface area contributed by atoms with Crippen LogP contribution in [0.5, 0.6) is 11.5 Å². The molecule has 3 aliphatic heterocycles. The first-order valence-electron chi connectivity index (χ1n) is 18.1. The zero-order valence-electron chi connectivity index (χ0n) is 29.4. The van der Waals surface area contributed by atoms with E-state index in [1.165, 1.54) is 12.1 Å². The summed E-state index contributed by atoms with van der Waals surface area (Å²) in [6, 6.07) is 29.8. The average molecular weight is 703 g/mol. The van der Waals surface area contributed by atoms with Gasteiger partial charge in [-0.2, -0.15) is 0 Å². The van der Waals surface area contributed by atoms with E-state index in [1.807, 2.05) is 54.6 Å². The van der Waals surface area contributed by atoms with Gasteiger partial charge in [-0.15, -0.1) is 0 Å². The fourth-order valence-corrected chi connectivity index (χ4v) is 7.98. The van der Waals surface area contributed by atoms with Crippen LogP contribution in [0.1, 0.15) is 58.4 Å². The summed E-state index contributed by atoms with van der Waals surface area (Å²) >= 11 is 0. The summed E-state index contributed by atoms with van der Waals surface area (Å²) in [7, 11) is 0. The lowest BCUT2D eigenvalue weighted by Crippen LogP contribution is -2.59. The summed E-state index contributed by atoms with van der Waals surface area (Å²) in [5, 5.41) is 35.6. The highest BCUT2D eigenvalue weighted by Gasteiger charge is 2.43. The van der Waals surface area contributed by atoms with Crippen LogP contribution in [0.25, 0.3) is 10.9 Å². The lowest BCUT2D eigenvalue weighted by atomic mass is 9.81. The largest absolute Gasteiger partial charge is 0.506 e. The monoisotopic (exact) mass is 702 g/mol. The zero-order chi connectivity index (χ0) is 36.2. The van der Waals surface area contributed by atoms with Gasteiger partial charge in [0.25, 0.3) is 0 Å². The third kappa shape index (κ3) is 7.69. The van der Waals surface area contributed by atoms with Crippen molar-refractivity contribution in [3.8, 4) is 11.5 Å². The summed E-state index contributed by atoms with van der Waals surface area (Å²) in [6.07, 6.45) is 1.11. The first-order valence-corrected chi connectivity index (χ1v) is 18.1. The van der Waals surface area contributed by atoms with Gasteiger partial charge >= 0.3 is 6.09 Å². The van der Waals surface area contributed by atoms with E-state index >= 15 is 0 Å². The Morgan fingerprint density at radius 1 is 0.981 bits per heavy atom. The third-order valence-corrected chi connectivity index (χ3v) is 10.8. The number of pyridine rings is 1. The second-order valence-corrected chi connectivity index (χ2v) is 14.1. The summed E-state index contributed by atoms with van der Waals surface area (Å²) < 4.78 is 6.34. The van der Waals surface area contributed by atoms with Crippen LogP contribution in [0.2, 0.25) is 0 Å². The number of nitrogens with zero attached hydrogens (tertiary/aromatic N) is 2. The number of fused-ring (bicyclic) bond motifs is 4. The smallest absolute Gasteiger partial charge is 0.408 e. The lowest BCUT2D eigenvalue weighted by molar-refractivity contribution is -0.000812. The van der Waals surface area contributed by atoms with Gasteiger partial charge in [-0.05, 0) is 109 Å². The summed E-state index contributed by atoms with van der Waals surface area (Å²) in [6.45, 7) is 6.27. The number of phenols is 1. The number of amides is 1. The van der Waals surface area contributed by atoms with Crippen LogP contribution in [0.4, 0.5) is 4.79 Å². The molecule has 0 aliphatic carbocycles. The van der Waals surface area contributed by atoms with Crippen LogP contribution in [-0.4, -0.2) is 75.0 Å². The van der Waals surface area contributed by atoms with E-state index in [9.17, 15) is 24.9 Å². The molecule has 2 bridgehead atoms. The van der Waals surface area contributed by atoms with Crippen molar-refractivity contribution < 1.29 is 24.9 Å². The number of H-pyrrole nitrogens is 1. The van der Waals surface area contributed by atoms with E-state index in [0.717, 1.165) is 66.7 Å². The van der Waals surface area contributed by atoms with Crippen LogP contribution in [-0.2, 0) is 13.0 Å². The van der Waals surface area contributed by atoms with Gasteiger partial charge in [-0.1, -0.05) is 66.7 Å². The van der Waals surface area contributed by atoms with E-state index in [1.54, 1.807) is 17.0 Å². The molecular weight excluding hydrogens is 656 g/mol. The Hall–Kier alpha value is -5.16. The Morgan fingerprint density at radius 3 is 2.50 bits per heavy atom. The second kappa shape index (κ2) is 15.6. The van der Waals surface area contributed by atoms with Crippen LogP contribution >= 0.6 is 0 Å². The molecule has 0 radical (unpaired) electrons. The number of aromatic hydroxyl groups is 1. The normalized spacial score (nSPS) is 19.3. The molecule has 4 aromatic carbocycles. The molecule has 1 amide bonds. The minimum atomic E-state index is -0.898. The molecular formula is C42H46N4O6. The number of aryl methyl sites for hydroxylation is 1. The highest BCUT2D eigenvalue weighted by atomic mass is 16.5. The van der Waals surface area contributed by atoms with Gasteiger partial charge in [0.15, 0.2) is 0 Å². The van der Waals surface area contributed by atoms with Crippen molar-refractivity contribution in [1.29, 1.82) is 0 Å². The molecule has 3 atom stereocenters. The predicted molar refractivity (Wildman–Crippen MR) is 201 cm³/mol. The molecule has 5 N–H and O–H groups in total. The van der Waals surface area contributed by atoms with Crippen molar-refractivity contribution in [1.82, 2.24) is 20.1 Å². The van der Waals surface area contributed by atoms with Crippen molar-refractivity contribution in [3.05, 3.63) is 141 Å². The number of carboxylic acid groups (broad SMARTS) is 1. The second-order valence-electron chi connectivity index (χ2n) is 14.1. The SMILES string of the molecule is Cc1cc(CCNC[C@@H](O)c2ccc(O)c3[nH]c(=O)ccc23)ccc1COc1cccc(C(c2ccccc2)N(C(=O)O)[C@H]2CN3CCC2CC3)c1. The first-order chi connectivity index (χ1) is 25.2. The molecule has 3 aliphatic rings. The number of phenolic OH excluding ortho intramolecular Hbond substituents is 1. The first kappa shape index (κ1) is 35.3. The Morgan fingerprint density at radius 2 is 1.77 bits per heavy atom. The third-order valence-electron chi connectivity index (χ3n) is 10.8. The van der Waals surface area contributed by atoms with Crippen molar-refractivity contribution in [2.75, 3.05) is 32.7 Å². The van der Waals surface area contributed by atoms with Gasteiger partial charge in [-0.25, -0.2) is 4.79 Å². The predicted octanol–water partition coefficient (Wildman–Crippen LogP) is 6.15. The lowest BCUT2D eigenvalue weighted by Gasteiger charge is -2.50. The molecule has 10 heteroatoms. The summed E-state index contributed by atoms with van der Waals surface area (Å²) in [5.74, 6) is 1.02. The molecule has 3 fully saturated rings. The van der Waals surface area contributed by atoms with Crippen LogP contribution in [0.3, 0.4) is 0 Å². The van der Waals surface area contributed by atoms with Crippen molar-refractivity contribution in [3.63, 3.8) is 0 Å². The van der Waals surface area contributed by atoms with E-state index in [2.05, 4.69) is 40.3 Å². The number of hydrogen-bond acceptors (Lipinski definition) is 7. The van der Waals surface area contributed by atoms with Gasteiger partial charge in [0.2, 0.25) is 5.56 Å². The molecule has 3 saturated heterocycles. The maximum Gasteiger partial charge on any atom is 0.408 e. The minimum absolute atomic E-state index is 0.0343. The number of piperidine rings is 3. The van der Waals surface area contributed by atoms with Gasteiger partial charge in [0, 0.05) is 24.5 Å². The Balaban J connectivity index is 0.985. The molecule has 52 heavy (non-hydrogen) atoms. The standard InChI is InChI=1S/C42H46N4O6/c1-27-22-28(16-19-43-24-38(48)34-12-14-37(47)40-35(34)13-15-39(49)44-40)10-11-32(27)26-52-33-9-5-8-31(23-33)41(30-6-3-2-4-7-30)46(42(50)51)36-25-45-20-17-29(36)18-21-45/h2-15,22-23,29,36,38,41,43,47-48H,16-21,24-26H2,1H3,(H,44,49)(H,50,51)/t36-,38+,41?/m0/s1. The topological polar surface area (TPSA) is 138 Å². The highest BCUT2D eigenvalue weighted by molar-refractivity contribution is 5.87. The molecule has 5 aromatic rings. The van der Waals surface area contributed by atoms with Gasteiger partial charge in [0.1, 0.15) is 18.1 Å². The summed E-state index contributed by atoms with van der Waals surface area (Å²) in [5.41, 5.74) is 5.80. The number of rotatable bonds is 13. The van der Waals surface area contributed by atoms with Gasteiger partial charge in [-0.3, -0.25) is 9.69 Å². The number of aliphatic hydroxyl groups excluding tert-OH is 1. The molecule has 4 heterocycles. The van der Waals surface area contributed by atoms with Gasteiger partial charge in [0.05, 0.1) is 23.7 Å². The Bertz CT molecular complexity index is 2080. The Kier molecular flexibility index (Phi) is 10.6.